The van der Waals surface area contributed by atoms with E-state index in [1.165, 1.54) is 16.0 Å². The summed E-state index contributed by atoms with van der Waals surface area (Å²) >= 11 is 1.75. The molecule has 0 fully saturated rings. The number of carbonyl (C=O) groups is 1. The highest BCUT2D eigenvalue weighted by molar-refractivity contribution is 7.10. The van der Waals surface area contributed by atoms with Gasteiger partial charge in [0.15, 0.2) is 0 Å². The summed E-state index contributed by atoms with van der Waals surface area (Å²) in [5, 5.41) is 12.4. The largest absolute Gasteiger partial charge is 0.491 e. The molecular formula is C26H36N2O4S. The van der Waals surface area contributed by atoms with Gasteiger partial charge in [-0.15, -0.1) is 17.9 Å². The van der Waals surface area contributed by atoms with Gasteiger partial charge in [-0.05, 0) is 55.5 Å². The van der Waals surface area contributed by atoms with Crippen molar-refractivity contribution in [1.29, 1.82) is 0 Å². The van der Waals surface area contributed by atoms with Gasteiger partial charge in [-0.3, -0.25) is 9.69 Å². The molecule has 7 heteroatoms. The van der Waals surface area contributed by atoms with E-state index in [0.29, 0.717) is 32.8 Å². The predicted molar refractivity (Wildman–Crippen MR) is 133 cm³/mol. The van der Waals surface area contributed by atoms with E-state index in [0.717, 1.165) is 17.7 Å². The number of carbonyl (C=O) groups excluding carboxylic acids is 1. The fourth-order valence-corrected chi connectivity index (χ4v) is 5.16. The van der Waals surface area contributed by atoms with Crippen LogP contribution in [0.25, 0.3) is 0 Å². The van der Waals surface area contributed by atoms with Gasteiger partial charge < -0.3 is 19.5 Å². The summed E-state index contributed by atoms with van der Waals surface area (Å²) < 4.78 is 11.6. The van der Waals surface area contributed by atoms with Crippen molar-refractivity contribution in [2.75, 3.05) is 46.0 Å². The zero-order valence-corrected chi connectivity index (χ0v) is 20.8. The van der Waals surface area contributed by atoms with Crippen LogP contribution < -0.4 is 4.74 Å². The Morgan fingerprint density at radius 1 is 1.39 bits per heavy atom. The Morgan fingerprint density at radius 2 is 2.21 bits per heavy atom. The zero-order valence-electron chi connectivity index (χ0n) is 20.0. The van der Waals surface area contributed by atoms with E-state index in [9.17, 15) is 9.90 Å². The highest BCUT2D eigenvalue weighted by atomic mass is 32.1. The van der Waals surface area contributed by atoms with Gasteiger partial charge >= 0.3 is 0 Å². The molecule has 6 nitrogen and oxygen atoms in total. The van der Waals surface area contributed by atoms with E-state index in [2.05, 4.69) is 31.0 Å². The van der Waals surface area contributed by atoms with E-state index in [-0.39, 0.29) is 25.1 Å². The van der Waals surface area contributed by atoms with Gasteiger partial charge in [0.25, 0.3) is 0 Å². The van der Waals surface area contributed by atoms with Crippen molar-refractivity contribution >= 4 is 17.2 Å². The molecule has 33 heavy (non-hydrogen) atoms. The average Bonchev–Trinajstić information content (AvgIpc) is 3.27. The van der Waals surface area contributed by atoms with Crippen LogP contribution in [-0.4, -0.2) is 72.9 Å². The van der Waals surface area contributed by atoms with E-state index in [4.69, 9.17) is 9.47 Å². The van der Waals surface area contributed by atoms with Crippen LogP contribution in [0.3, 0.4) is 0 Å². The molecule has 0 saturated heterocycles. The average molecular weight is 473 g/mol. The molecule has 0 radical (unpaired) electrons. The van der Waals surface area contributed by atoms with Crippen molar-refractivity contribution in [3.8, 4) is 5.75 Å². The third-order valence-corrected chi connectivity index (χ3v) is 6.96. The molecule has 1 aliphatic rings. The number of likely N-dealkylation sites (N-methyl/N-ethyl adjacent to an activating group) is 1. The van der Waals surface area contributed by atoms with Gasteiger partial charge in [-0.1, -0.05) is 30.7 Å². The number of amides is 1. The molecule has 1 aromatic heterocycles. The number of fused-ring (bicyclic) bond motifs is 1. The van der Waals surface area contributed by atoms with Crippen molar-refractivity contribution in [2.24, 2.45) is 0 Å². The molecule has 180 valence electrons. The Bertz CT molecular complexity index is 929. The van der Waals surface area contributed by atoms with Crippen molar-refractivity contribution in [3.63, 3.8) is 0 Å². The lowest BCUT2D eigenvalue weighted by Gasteiger charge is -2.37. The Hall–Kier alpha value is -2.19. The fraction of sp³-hybridized carbons (Fsp3) is 0.500. The Kier molecular flexibility index (Phi) is 9.50. The minimum atomic E-state index is -0.647. The molecule has 2 atom stereocenters. The second-order valence-corrected chi connectivity index (χ2v) is 9.54. The summed E-state index contributed by atoms with van der Waals surface area (Å²) in [6.45, 7) is 12.8. The second-order valence-electron chi connectivity index (χ2n) is 8.54. The minimum absolute atomic E-state index is 0.0575. The monoisotopic (exact) mass is 472 g/mol. The molecule has 1 N–H and O–H groups in total. The number of benzene rings is 1. The minimum Gasteiger partial charge on any atom is -0.491 e. The van der Waals surface area contributed by atoms with Gasteiger partial charge in [-0.2, -0.15) is 0 Å². The number of rotatable bonds is 12. The quantitative estimate of drug-likeness (QED) is 0.377. The molecular weight excluding hydrogens is 436 g/mol. The van der Waals surface area contributed by atoms with Crippen molar-refractivity contribution in [3.05, 3.63) is 63.9 Å². The highest BCUT2D eigenvalue weighted by Gasteiger charge is 2.33. The smallest absolute Gasteiger partial charge is 0.237 e. The molecule has 2 heterocycles. The topological polar surface area (TPSA) is 62.2 Å². The first-order valence-electron chi connectivity index (χ1n) is 11.6. The van der Waals surface area contributed by atoms with Crippen molar-refractivity contribution in [1.82, 2.24) is 9.80 Å². The van der Waals surface area contributed by atoms with Crippen LogP contribution in [0.2, 0.25) is 0 Å². The highest BCUT2D eigenvalue weighted by Crippen LogP contribution is 2.34. The van der Waals surface area contributed by atoms with Crippen LogP contribution in [0.4, 0.5) is 0 Å². The summed E-state index contributed by atoms with van der Waals surface area (Å²) in [5.41, 5.74) is 3.48. The lowest BCUT2D eigenvalue weighted by atomic mass is 10.00. The fourth-order valence-electron chi connectivity index (χ4n) is 4.23. The normalized spacial score (nSPS) is 16.5. The van der Waals surface area contributed by atoms with Crippen molar-refractivity contribution in [2.45, 2.75) is 39.3 Å². The first kappa shape index (κ1) is 25.4. The number of ether oxygens (including phenoxy) is 2. The number of nitrogens with zero attached hydrogens (tertiary/aromatic N) is 2. The number of aliphatic hydroxyl groups is 1. The third-order valence-electron chi connectivity index (χ3n) is 5.96. The predicted octanol–water partition coefficient (Wildman–Crippen LogP) is 3.76. The van der Waals surface area contributed by atoms with E-state index in [1.807, 2.05) is 35.8 Å². The molecule has 1 aliphatic heterocycles. The summed E-state index contributed by atoms with van der Waals surface area (Å²) in [7, 11) is 0. The third kappa shape index (κ3) is 6.90. The number of aryl methyl sites for hydroxylation is 2. The van der Waals surface area contributed by atoms with Gasteiger partial charge in [0.1, 0.15) is 12.4 Å². The number of aliphatic hydroxyl groups excluding tert-OH is 1. The lowest BCUT2D eigenvalue weighted by molar-refractivity contribution is -0.136. The van der Waals surface area contributed by atoms with Crippen LogP contribution in [0.1, 0.15) is 34.5 Å². The summed E-state index contributed by atoms with van der Waals surface area (Å²) in [6.07, 6.45) is 1.87. The maximum absolute atomic E-state index is 13.4. The number of thiophene rings is 1. The van der Waals surface area contributed by atoms with Crippen LogP contribution >= 0.6 is 11.3 Å². The van der Waals surface area contributed by atoms with Gasteiger partial charge in [-0.25, -0.2) is 0 Å². The molecule has 1 aromatic carbocycles. The number of hydrogen-bond acceptors (Lipinski definition) is 6. The maximum atomic E-state index is 13.4. The second kappa shape index (κ2) is 12.3. The summed E-state index contributed by atoms with van der Waals surface area (Å²) in [4.78, 5) is 18.6. The SMILES string of the molecule is C=CCOCC(O)CN(CC)CC(=O)N1CCc2sccc2C1COc1ccc(C)cc1C. The van der Waals surface area contributed by atoms with E-state index >= 15 is 0 Å². The molecule has 0 saturated carbocycles. The maximum Gasteiger partial charge on any atom is 0.237 e. The standard InChI is InChI=1S/C26H36N2O4S/c1-5-12-31-17-21(29)15-27(6-2)16-26(30)28-11-9-25-22(10-13-33-25)23(28)18-32-24-8-7-19(3)14-20(24)4/h5,7-8,10,13-14,21,23,29H,1,6,9,11-12,15-18H2,2-4H3. The molecule has 2 unspecified atom stereocenters. The van der Waals surface area contributed by atoms with Crippen LogP contribution in [-0.2, 0) is 16.0 Å². The van der Waals surface area contributed by atoms with E-state index in [1.54, 1.807) is 17.4 Å². The Morgan fingerprint density at radius 3 is 2.94 bits per heavy atom. The van der Waals surface area contributed by atoms with Crippen LogP contribution in [0.15, 0.2) is 42.3 Å². The molecule has 0 spiro atoms. The molecule has 1 amide bonds. The summed E-state index contributed by atoms with van der Waals surface area (Å²) in [6, 6.07) is 8.16. The van der Waals surface area contributed by atoms with Gasteiger partial charge in [0.2, 0.25) is 5.91 Å². The first-order chi connectivity index (χ1) is 15.9. The van der Waals surface area contributed by atoms with Gasteiger partial charge in [0.05, 0.1) is 31.9 Å². The molecule has 3 rings (SSSR count). The molecule has 2 aromatic rings. The van der Waals surface area contributed by atoms with Gasteiger partial charge in [0, 0.05) is 18.0 Å². The van der Waals surface area contributed by atoms with Crippen LogP contribution in [0, 0.1) is 13.8 Å². The molecule has 0 aliphatic carbocycles. The Labute approximate surface area is 201 Å². The lowest BCUT2D eigenvalue weighted by Crippen LogP contribution is -2.48. The van der Waals surface area contributed by atoms with Crippen molar-refractivity contribution < 1.29 is 19.4 Å². The van der Waals surface area contributed by atoms with E-state index < -0.39 is 6.10 Å². The molecule has 0 bridgehead atoms. The Balaban J connectivity index is 1.67. The first-order valence-corrected chi connectivity index (χ1v) is 12.5. The number of hydrogen-bond donors (Lipinski definition) is 1. The van der Waals surface area contributed by atoms with Crippen LogP contribution in [0.5, 0.6) is 5.75 Å². The zero-order chi connectivity index (χ0) is 23.8. The summed E-state index contributed by atoms with van der Waals surface area (Å²) in [5.74, 6) is 0.912.